The molecule has 0 spiro atoms. The highest BCUT2D eigenvalue weighted by Gasteiger charge is 2.36. The van der Waals surface area contributed by atoms with Crippen molar-refractivity contribution in [3.63, 3.8) is 0 Å². The summed E-state index contributed by atoms with van der Waals surface area (Å²) in [6, 6.07) is -0.412. The van der Waals surface area contributed by atoms with Crippen molar-refractivity contribution in [2.45, 2.75) is 19.4 Å². The van der Waals surface area contributed by atoms with E-state index in [0.717, 1.165) is 0 Å². The van der Waals surface area contributed by atoms with Gasteiger partial charge in [-0.25, -0.2) is 4.79 Å². The third kappa shape index (κ3) is 1.59. The molecule has 0 saturated carbocycles. The smallest absolute Gasteiger partial charge is 0.322 e. The van der Waals surface area contributed by atoms with Gasteiger partial charge in [0.05, 0.1) is 0 Å². The van der Waals surface area contributed by atoms with Crippen LogP contribution in [0.25, 0.3) is 0 Å². The molecule has 0 unspecified atom stereocenters. The number of imide groups is 1. The summed E-state index contributed by atoms with van der Waals surface area (Å²) in [5.41, 5.74) is -0.725. The lowest BCUT2D eigenvalue weighted by atomic mass is 10.1. The molecule has 58 valence electrons. The summed E-state index contributed by atoms with van der Waals surface area (Å²) in [6.45, 7) is 3.29. The summed E-state index contributed by atoms with van der Waals surface area (Å²) in [4.78, 5) is 21.1. The number of nitrogens with one attached hydrogen (secondary N) is 2. The van der Waals surface area contributed by atoms with Crippen LogP contribution in [-0.4, -0.2) is 17.5 Å². The molecule has 4 nitrogen and oxygen atoms in total. The van der Waals surface area contributed by atoms with Gasteiger partial charge in [-0.15, -0.1) is 24.0 Å². The monoisotopic (exact) mass is 256 g/mol. The maximum Gasteiger partial charge on any atom is 0.322 e. The molecule has 0 radical (unpaired) electrons. The highest BCUT2D eigenvalue weighted by atomic mass is 127. The van der Waals surface area contributed by atoms with Crippen LogP contribution in [0.1, 0.15) is 13.8 Å². The minimum absolute atomic E-state index is 0. The van der Waals surface area contributed by atoms with E-state index in [2.05, 4.69) is 10.6 Å². The van der Waals surface area contributed by atoms with E-state index in [1.54, 1.807) is 13.8 Å². The van der Waals surface area contributed by atoms with E-state index in [1.807, 2.05) is 0 Å². The van der Waals surface area contributed by atoms with Crippen LogP contribution in [0.15, 0.2) is 0 Å². The second-order valence-corrected chi connectivity index (χ2v) is 2.53. The molecule has 1 aliphatic rings. The molecule has 1 saturated heterocycles. The Hall–Kier alpha value is -0.330. The first-order valence-electron chi connectivity index (χ1n) is 2.66. The summed E-state index contributed by atoms with van der Waals surface area (Å²) in [6.07, 6.45) is 0. The van der Waals surface area contributed by atoms with E-state index in [4.69, 9.17) is 0 Å². The molecular formula is C5H9IN2O2. The first kappa shape index (κ1) is 9.67. The summed E-state index contributed by atoms with van der Waals surface area (Å²) < 4.78 is 0. The van der Waals surface area contributed by atoms with Crippen LogP contribution in [0.3, 0.4) is 0 Å². The van der Waals surface area contributed by atoms with Crippen LogP contribution in [0.4, 0.5) is 4.79 Å². The van der Waals surface area contributed by atoms with E-state index in [1.165, 1.54) is 0 Å². The van der Waals surface area contributed by atoms with Gasteiger partial charge >= 0.3 is 6.03 Å². The van der Waals surface area contributed by atoms with Gasteiger partial charge in [-0.2, -0.15) is 0 Å². The molecule has 0 aromatic heterocycles. The van der Waals surface area contributed by atoms with E-state index in [-0.39, 0.29) is 29.9 Å². The van der Waals surface area contributed by atoms with Crippen molar-refractivity contribution in [1.82, 2.24) is 10.6 Å². The highest BCUT2D eigenvalue weighted by molar-refractivity contribution is 14.0. The van der Waals surface area contributed by atoms with Crippen LogP contribution in [0.5, 0.6) is 0 Å². The molecule has 0 aliphatic carbocycles. The Morgan fingerprint density at radius 2 is 1.80 bits per heavy atom. The number of rotatable bonds is 0. The van der Waals surface area contributed by atoms with Crippen molar-refractivity contribution in [1.29, 1.82) is 0 Å². The largest absolute Gasteiger partial charge is 0.324 e. The maximum absolute atomic E-state index is 10.7. The predicted molar refractivity (Wildman–Crippen MR) is 46.2 cm³/mol. The molecule has 5 heteroatoms. The first-order valence-corrected chi connectivity index (χ1v) is 2.66. The van der Waals surface area contributed by atoms with Crippen molar-refractivity contribution in [3.05, 3.63) is 0 Å². The van der Waals surface area contributed by atoms with E-state index < -0.39 is 11.6 Å². The molecule has 1 rings (SSSR count). The lowest BCUT2D eigenvalue weighted by Gasteiger charge is -2.11. The van der Waals surface area contributed by atoms with Crippen LogP contribution in [0, 0.1) is 0 Å². The molecule has 0 aromatic carbocycles. The van der Waals surface area contributed by atoms with Crippen molar-refractivity contribution >= 4 is 35.9 Å². The van der Waals surface area contributed by atoms with Gasteiger partial charge in [-0.05, 0) is 13.8 Å². The Balaban J connectivity index is 0.000000810. The van der Waals surface area contributed by atoms with Gasteiger partial charge in [0.25, 0.3) is 5.91 Å². The number of amides is 3. The fourth-order valence-corrected chi connectivity index (χ4v) is 0.631. The summed E-state index contributed by atoms with van der Waals surface area (Å²) in [7, 11) is 0. The number of halogens is 1. The molecule has 3 amide bonds. The summed E-state index contributed by atoms with van der Waals surface area (Å²) >= 11 is 0. The minimum Gasteiger partial charge on any atom is -0.324 e. The number of carbonyl (C=O) groups is 2. The quantitative estimate of drug-likeness (QED) is 0.481. The Labute approximate surface area is 75.8 Å². The molecule has 1 heterocycles. The standard InChI is InChI=1S/C5H8N2O2.HI/c1-5(2)3(8)6-4(9)7-5;/h1-2H3,(H2,6,7,8,9);1H. The molecule has 1 aliphatic heterocycles. The molecular weight excluding hydrogens is 247 g/mol. The average Bonchev–Trinajstić information content (AvgIpc) is 1.79. The fourth-order valence-electron chi connectivity index (χ4n) is 0.631. The Morgan fingerprint density at radius 3 is 1.90 bits per heavy atom. The number of hydrogen-bond donors (Lipinski definition) is 2. The summed E-state index contributed by atoms with van der Waals surface area (Å²) in [5, 5.41) is 4.56. The van der Waals surface area contributed by atoms with Gasteiger partial charge in [0.2, 0.25) is 0 Å². The fraction of sp³-hybridized carbons (Fsp3) is 0.600. The summed E-state index contributed by atoms with van der Waals surface area (Å²) in [5.74, 6) is -0.271. The Bertz CT molecular complexity index is 178. The van der Waals surface area contributed by atoms with Crippen molar-refractivity contribution < 1.29 is 9.59 Å². The third-order valence-corrected chi connectivity index (χ3v) is 1.22. The van der Waals surface area contributed by atoms with Crippen LogP contribution >= 0.6 is 24.0 Å². The lowest BCUT2D eigenvalue weighted by Crippen LogP contribution is -2.39. The van der Waals surface area contributed by atoms with E-state index >= 15 is 0 Å². The van der Waals surface area contributed by atoms with Gasteiger partial charge in [-0.1, -0.05) is 0 Å². The molecule has 0 aromatic rings. The van der Waals surface area contributed by atoms with Gasteiger partial charge in [-0.3, -0.25) is 10.1 Å². The zero-order valence-electron chi connectivity index (χ0n) is 5.72. The number of urea groups is 1. The topological polar surface area (TPSA) is 58.2 Å². The Kier molecular flexibility index (Phi) is 2.64. The molecule has 0 atom stereocenters. The first-order chi connectivity index (χ1) is 4.02. The van der Waals surface area contributed by atoms with Crippen LogP contribution < -0.4 is 10.6 Å². The molecule has 2 N–H and O–H groups in total. The van der Waals surface area contributed by atoms with Crippen LogP contribution in [-0.2, 0) is 4.79 Å². The van der Waals surface area contributed by atoms with Gasteiger partial charge < -0.3 is 5.32 Å². The zero-order chi connectivity index (χ0) is 7.07. The highest BCUT2D eigenvalue weighted by Crippen LogP contribution is 2.05. The van der Waals surface area contributed by atoms with Crippen molar-refractivity contribution in [3.8, 4) is 0 Å². The third-order valence-electron chi connectivity index (χ3n) is 1.22. The van der Waals surface area contributed by atoms with Gasteiger partial charge in [0.1, 0.15) is 5.54 Å². The SMILES string of the molecule is CC1(C)NC(=O)NC1=O.I. The van der Waals surface area contributed by atoms with Gasteiger partial charge in [0.15, 0.2) is 0 Å². The minimum atomic E-state index is -0.725. The number of hydrogen-bond acceptors (Lipinski definition) is 2. The van der Waals surface area contributed by atoms with Crippen molar-refractivity contribution in [2.75, 3.05) is 0 Å². The second-order valence-electron chi connectivity index (χ2n) is 2.53. The zero-order valence-corrected chi connectivity index (χ0v) is 8.06. The molecule has 0 bridgehead atoms. The second kappa shape index (κ2) is 2.73. The average molecular weight is 256 g/mol. The molecule has 10 heavy (non-hydrogen) atoms. The maximum atomic E-state index is 10.7. The number of carbonyl (C=O) groups excluding carboxylic acids is 2. The normalized spacial score (nSPS) is 21.0. The predicted octanol–water partition coefficient (Wildman–Crippen LogP) is 0.222. The van der Waals surface area contributed by atoms with E-state index in [9.17, 15) is 9.59 Å². The Morgan fingerprint density at radius 1 is 1.30 bits per heavy atom. The van der Waals surface area contributed by atoms with Crippen molar-refractivity contribution in [2.24, 2.45) is 0 Å². The van der Waals surface area contributed by atoms with Crippen LogP contribution in [0.2, 0.25) is 0 Å². The molecule has 1 fully saturated rings. The lowest BCUT2D eigenvalue weighted by molar-refractivity contribution is -0.122. The van der Waals surface area contributed by atoms with E-state index in [0.29, 0.717) is 0 Å². The van der Waals surface area contributed by atoms with Gasteiger partial charge in [0, 0.05) is 0 Å².